The number of para-hydroxylation sites is 4. The fraction of sp³-hybridized carbons (Fsp3) is 0. The van der Waals surface area contributed by atoms with E-state index in [1.54, 1.807) is 0 Å². The van der Waals surface area contributed by atoms with Gasteiger partial charge in [0.05, 0.1) is 22.1 Å². The summed E-state index contributed by atoms with van der Waals surface area (Å²) < 4.78 is 4.32. The van der Waals surface area contributed by atoms with Crippen LogP contribution in [-0.4, -0.2) is 24.1 Å². The number of benzene rings is 6. The van der Waals surface area contributed by atoms with Crippen LogP contribution in [0.1, 0.15) is 0 Å². The van der Waals surface area contributed by atoms with Crippen LogP contribution in [-0.2, 0) is 0 Å². The first kappa shape index (κ1) is 22.9. The molecule has 9 rings (SSSR count). The fourth-order valence-electron chi connectivity index (χ4n) is 6.29. The van der Waals surface area contributed by atoms with Gasteiger partial charge in [-0.3, -0.25) is 9.13 Å². The molecule has 0 fully saturated rings. The highest BCUT2D eigenvalue weighted by atomic mass is 15.3. The minimum Gasteiger partial charge on any atom is -0.278 e. The molecule has 3 heterocycles. The van der Waals surface area contributed by atoms with Crippen LogP contribution < -0.4 is 0 Å². The van der Waals surface area contributed by atoms with Crippen molar-refractivity contribution in [3.05, 3.63) is 140 Å². The Hall–Kier alpha value is -5.81. The third-order valence-electron chi connectivity index (χ3n) is 8.18. The molecule has 5 nitrogen and oxygen atoms in total. The van der Waals surface area contributed by atoms with Gasteiger partial charge >= 0.3 is 0 Å². The number of nitrogens with zero attached hydrogens (tertiary/aromatic N) is 5. The maximum atomic E-state index is 5.21. The molecule has 3 aromatic heterocycles. The molecule has 0 atom stereocenters. The number of aromatic nitrogens is 5. The van der Waals surface area contributed by atoms with E-state index >= 15 is 0 Å². The summed E-state index contributed by atoms with van der Waals surface area (Å²) in [5.74, 6) is 1.80. The highest BCUT2D eigenvalue weighted by Gasteiger charge is 2.20. The normalized spacial score (nSPS) is 11.8. The molecule has 0 aliphatic carbocycles. The first-order valence-electron chi connectivity index (χ1n) is 14.1. The third kappa shape index (κ3) is 3.34. The van der Waals surface area contributed by atoms with E-state index in [1.807, 2.05) is 0 Å². The zero-order chi connectivity index (χ0) is 27.6. The predicted molar refractivity (Wildman–Crippen MR) is 171 cm³/mol. The Bertz CT molecular complexity index is 2240. The molecule has 0 N–H and O–H groups in total. The lowest BCUT2D eigenvalue weighted by Crippen LogP contribution is -2.10. The molecule has 0 unspecified atom stereocenters. The number of hydrogen-bond acceptors (Lipinski definition) is 3. The van der Waals surface area contributed by atoms with Crippen molar-refractivity contribution in [1.29, 1.82) is 0 Å². The first-order valence-corrected chi connectivity index (χ1v) is 14.1. The largest absolute Gasteiger partial charge is 0.278 e. The van der Waals surface area contributed by atoms with Crippen LogP contribution >= 0.6 is 0 Å². The van der Waals surface area contributed by atoms with Gasteiger partial charge in [0.2, 0.25) is 11.9 Å². The molecule has 42 heavy (non-hydrogen) atoms. The third-order valence-corrected chi connectivity index (χ3v) is 8.18. The zero-order valence-electron chi connectivity index (χ0n) is 22.5. The smallest absolute Gasteiger partial charge is 0.240 e. The Morgan fingerprint density at radius 1 is 0.357 bits per heavy atom. The molecule has 0 spiro atoms. The van der Waals surface area contributed by atoms with Crippen molar-refractivity contribution in [2.24, 2.45) is 0 Å². The van der Waals surface area contributed by atoms with E-state index in [-0.39, 0.29) is 0 Å². The molecule has 0 bridgehead atoms. The number of hydrogen-bond donors (Lipinski definition) is 0. The SMILES string of the molecule is c1ccc2cc(-c3nc(-n4c5ccccc5c5ccccc54)nc(-n4c5ccccc5c5ccccc54)n3)ccc2c1. The second kappa shape index (κ2) is 8.85. The summed E-state index contributed by atoms with van der Waals surface area (Å²) in [6, 6.07) is 48.5. The number of rotatable bonds is 3. The van der Waals surface area contributed by atoms with E-state index in [0.717, 1.165) is 33.0 Å². The van der Waals surface area contributed by atoms with Gasteiger partial charge in [0.15, 0.2) is 5.82 Å². The average molecular weight is 538 g/mol. The quantitative estimate of drug-likeness (QED) is 0.226. The van der Waals surface area contributed by atoms with E-state index in [9.17, 15) is 0 Å². The van der Waals surface area contributed by atoms with Crippen LogP contribution in [0.5, 0.6) is 0 Å². The number of fused-ring (bicyclic) bond motifs is 7. The van der Waals surface area contributed by atoms with Gasteiger partial charge in [0.1, 0.15) is 0 Å². The highest BCUT2D eigenvalue weighted by Crippen LogP contribution is 2.34. The van der Waals surface area contributed by atoms with Gasteiger partial charge in [-0.1, -0.05) is 109 Å². The van der Waals surface area contributed by atoms with Crippen LogP contribution in [0, 0.1) is 0 Å². The summed E-state index contributed by atoms with van der Waals surface area (Å²) >= 11 is 0. The second-order valence-electron chi connectivity index (χ2n) is 10.6. The van der Waals surface area contributed by atoms with Crippen LogP contribution in [0.2, 0.25) is 0 Å². The van der Waals surface area contributed by atoms with Gasteiger partial charge in [0.25, 0.3) is 0 Å². The molecule has 5 heteroatoms. The van der Waals surface area contributed by atoms with Crippen molar-refractivity contribution in [3.8, 4) is 23.3 Å². The Morgan fingerprint density at radius 3 is 1.24 bits per heavy atom. The minimum atomic E-state index is 0.586. The van der Waals surface area contributed by atoms with Crippen LogP contribution in [0.25, 0.3) is 77.7 Å². The summed E-state index contributed by atoms with van der Waals surface area (Å²) in [5.41, 5.74) is 5.18. The van der Waals surface area contributed by atoms with Gasteiger partial charge in [0, 0.05) is 27.1 Å². The van der Waals surface area contributed by atoms with Gasteiger partial charge in [-0.25, -0.2) is 0 Å². The molecule has 0 radical (unpaired) electrons. The lowest BCUT2D eigenvalue weighted by atomic mass is 10.1. The van der Waals surface area contributed by atoms with E-state index in [0.29, 0.717) is 17.7 Å². The Labute approximate surface area is 241 Å². The van der Waals surface area contributed by atoms with E-state index in [1.165, 1.54) is 26.9 Å². The second-order valence-corrected chi connectivity index (χ2v) is 10.6. The molecular weight excluding hydrogens is 514 g/mol. The van der Waals surface area contributed by atoms with Gasteiger partial charge in [-0.05, 0) is 41.1 Å². The van der Waals surface area contributed by atoms with Crippen LogP contribution in [0.3, 0.4) is 0 Å². The Kier molecular flexibility index (Phi) is 4.83. The maximum absolute atomic E-state index is 5.21. The van der Waals surface area contributed by atoms with Gasteiger partial charge < -0.3 is 0 Å². The molecular formula is C37H23N5. The topological polar surface area (TPSA) is 48.5 Å². The molecule has 6 aromatic carbocycles. The molecule has 0 saturated heterocycles. The molecule has 196 valence electrons. The van der Waals surface area contributed by atoms with E-state index < -0.39 is 0 Å². The lowest BCUT2D eigenvalue weighted by molar-refractivity contribution is 0.893. The van der Waals surface area contributed by atoms with Crippen molar-refractivity contribution < 1.29 is 0 Å². The fourth-order valence-corrected chi connectivity index (χ4v) is 6.29. The summed E-state index contributed by atoms with van der Waals surface area (Å²) in [4.78, 5) is 15.5. The van der Waals surface area contributed by atoms with Crippen molar-refractivity contribution in [3.63, 3.8) is 0 Å². The Balaban J connectivity index is 1.41. The summed E-state index contributed by atoms with van der Waals surface area (Å²) in [5, 5.41) is 6.99. The van der Waals surface area contributed by atoms with E-state index in [2.05, 4.69) is 149 Å². The van der Waals surface area contributed by atoms with Crippen molar-refractivity contribution in [1.82, 2.24) is 24.1 Å². The predicted octanol–water partition coefficient (Wildman–Crippen LogP) is 8.89. The molecule has 0 aliphatic rings. The molecule has 0 aliphatic heterocycles. The van der Waals surface area contributed by atoms with Crippen molar-refractivity contribution in [2.45, 2.75) is 0 Å². The average Bonchev–Trinajstić information content (AvgIpc) is 3.58. The van der Waals surface area contributed by atoms with E-state index in [4.69, 9.17) is 15.0 Å². The zero-order valence-corrected chi connectivity index (χ0v) is 22.5. The van der Waals surface area contributed by atoms with Crippen LogP contribution in [0.4, 0.5) is 0 Å². The standard InChI is InChI=1S/C37H23N5/c1-2-12-25-23-26(22-21-24(25)11-1)35-38-36(41-31-17-7-3-13-27(31)28-14-4-8-18-32(28)41)40-37(39-35)42-33-19-9-5-15-29(33)30-16-6-10-20-34(30)42/h1-23H. The Morgan fingerprint density at radius 2 is 0.762 bits per heavy atom. The molecule has 0 amide bonds. The summed E-state index contributed by atoms with van der Waals surface area (Å²) in [6.45, 7) is 0. The van der Waals surface area contributed by atoms with Crippen LogP contribution in [0.15, 0.2) is 140 Å². The maximum Gasteiger partial charge on any atom is 0.240 e. The summed E-state index contributed by atoms with van der Waals surface area (Å²) in [7, 11) is 0. The summed E-state index contributed by atoms with van der Waals surface area (Å²) in [6.07, 6.45) is 0. The molecule has 9 aromatic rings. The lowest BCUT2D eigenvalue weighted by Gasteiger charge is -2.13. The minimum absolute atomic E-state index is 0.586. The highest BCUT2D eigenvalue weighted by molar-refractivity contribution is 6.10. The first-order chi connectivity index (χ1) is 20.8. The molecule has 0 saturated carbocycles. The van der Waals surface area contributed by atoms with Gasteiger partial charge in [-0.15, -0.1) is 0 Å². The van der Waals surface area contributed by atoms with Crippen molar-refractivity contribution in [2.75, 3.05) is 0 Å². The van der Waals surface area contributed by atoms with Gasteiger partial charge in [-0.2, -0.15) is 15.0 Å². The van der Waals surface area contributed by atoms with Crippen molar-refractivity contribution >= 4 is 54.4 Å². The monoisotopic (exact) mass is 537 g/mol.